The second kappa shape index (κ2) is 7.61. The Morgan fingerprint density at radius 1 is 1.04 bits per heavy atom. The van der Waals surface area contributed by atoms with Gasteiger partial charge in [-0.1, -0.05) is 60.7 Å². The molecule has 3 aromatic rings. The van der Waals surface area contributed by atoms with E-state index in [0.29, 0.717) is 12.1 Å². The van der Waals surface area contributed by atoms with E-state index in [0.717, 1.165) is 29.1 Å². The van der Waals surface area contributed by atoms with Gasteiger partial charge in [0.05, 0.1) is 17.8 Å². The number of amides is 1. The fraction of sp³-hybridized carbons (Fsp3) is 0.111. The van der Waals surface area contributed by atoms with Crippen LogP contribution in [-0.4, -0.2) is 27.0 Å². The molecule has 1 heterocycles. The fourth-order valence-electron chi connectivity index (χ4n) is 2.36. The third-order valence-corrected chi connectivity index (χ3v) is 4.06. The molecule has 0 aliphatic heterocycles. The lowest BCUT2D eigenvalue weighted by Gasteiger charge is -2.12. The van der Waals surface area contributed by atoms with Crippen molar-refractivity contribution in [3.8, 4) is 11.3 Å². The van der Waals surface area contributed by atoms with Crippen LogP contribution < -0.4 is 5.32 Å². The zero-order chi connectivity index (χ0) is 16.8. The van der Waals surface area contributed by atoms with Crippen molar-refractivity contribution in [1.29, 1.82) is 0 Å². The van der Waals surface area contributed by atoms with Crippen LogP contribution in [0, 0.1) is 0 Å². The highest BCUT2D eigenvalue weighted by Crippen LogP contribution is 2.21. The molecule has 2 aromatic carbocycles. The van der Waals surface area contributed by atoms with E-state index in [9.17, 15) is 9.59 Å². The molecular weight excluding hydrogens is 322 g/mol. The first kappa shape index (κ1) is 16.0. The van der Waals surface area contributed by atoms with Crippen LogP contribution in [0.5, 0.6) is 0 Å². The van der Waals surface area contributed by atoms with Gasteiger partial charge in [-0.2, -0.15) is 8.75 Å². The topological polar surface area (TPSA) is 72.0 Å². The number of aldehydes is 1. The maximum Gasteiger partial charge on any atom is 0.273 e. The van der Waals surface area contributed by atoms with Gasteiger partial charge < -0.3 is 10.1 Å². The van der Waals surface area contributed by atoms with Gasteiger partial charge in [-0.05, 0) is 12.0 Å². The molecule has 5 nitrogen and oxygen atoms in total. The number of benzene rings is 2. The molecule has 1 aromatic heterocycles. The van der Waals surface area contributed by atoms with Gasteiger partial charge in [0.25, 0.3) is 5.91 Å². The molecule has 0 saturated heterocycles. The average Bonchev–Trinajstić information content (AvgIpc) is 3.12. The zero-order valence-electron chi connectivity index (χ0n) is 12.8. The largest absolute Gasteiger partial charge is 0.341 e. The predicted molar refractivity (Wildman–Crippen MR) is 92.8 cm³/mol. The maximum atomic E-state index is 12.5. The van der Waals surface area contributed by atoms with E-state index in [2.05, 4.69) is 14.1 Å². The number of hydrogen-bond donors (Lipinski definition) is 1. The smallest absolute Gasteiger partial charge is 0.273 e. The summed E-state index contributed by atoms with van der Waals surface area (Å²) >= 11 is 0.979. The van der Waals surface area contributed by atoms with Gasteiger partial charge in [0.2, 0.25) is 0 Å². The van der Waals surface area contributed by atoms with Gasteiger partial charge in [0.1, 0.15) is 12.0 Å². The summed E-state index contributed by atoms with van der Waals surface area (Å²) < 4.78 is 8.30. The number of rotatable bonds is 6. The monoisotopic (exact) mass is 337 g/mol. The van der Waals surface area contributed by atoms with Crippen molar-refractivity contribution in [2.75, 3.05) is 0 Å². The molecule has 0 aliphatic carbocycles. The third-order valence-electron chi connectivity index (χ3n) is 3.53. The first-order valence-electron chi connectivity index (χ1n) is 7.46. The highest BCUT2D eigenvalue weighted by atomic mass is 32.1. The Morgan fingerprint density at radius 2 is 1.71 bits per heavy atom. The number of hydrogen-bond acceptors (Lipinski definition) is 5. The first-order chi connectivity index (χ1) is 11.8. The van der Waals surface area contributed by atoms with Crippen molar-refractivity contribution in [3.63, 3.8) is 0 Å². The molecule has 0 saturated carbocycles. The molecule has 0 spiro atoms. The number of nitrogens with one attached hydrogen (secondary N) is 1. The van der Waals surface area contributed by atoms with Gasteiger partial charge in [-0.3, -0.25) is 4.79 Å². The van der Waals surface area contributed by atoms with E-state index in [1.165, 1.54) is 0 Å². The molecule has 1 N–H and O–H groups in total. The molecule has 24 heavy (non-hydrogen) atoms. The second-order valence-electron chi connectivity index (χ2n) is 5.23. The van der Waals surface area contributed by atoms with Crippen molar-refractivity contribution in [3.05, 3.63) is 71.9 Å². The first-order valence-corrected chi connectivity index (χ1v) is 8.19. The van der Waals surface area contributed by atoms with Crippen molar-refractivity contribution < 1.29 is 9.59 Å². The Balaban J connectivity index is 1.75. The minimum Gasteiger partial charge on any atom is -0.341 e. The van der Waals surface area contributed by atoms with Crippen molar-refractivity contribution >= 4 is 23.9 Å². The van der Waals surface area contributed by atoms with Gasteiger partial charge >= 0.3 is 0 Å². The van der Waals surface area contributed by atoms with Crippen LogP contribution in [0.25, 0.3) is 11.3 Å². The van der Waals surface area contributed by atoms with E-state index < -0.39 is 11.9 Å². The van der Waals surface area contributed by atoms with Crippen LogP contribution in [0.4, 0.5) is 0 Å². The summed E-state index contributed by atoms with van der Waals surface area (Å²) in [5.41, 5.74) is 2.57. The molecule has 1 unspecified atom stereocenters. The van der Waals surface area contributed by atoms with E-state index in [4.69, 9.17) is 0 Å². The Morgan fingerprint density at radius 3 is 2.38 bits per heavy atom. The highest BCUT2D eigenvalue weighted by molar-refractivity contribution is 6.99. The van der Waals surface area contributed by atoms with Crippen molar-refractivity contribution in [1.82, 2.24) is 14.1 Å². The van der Waals surface area contributed by atoms with Crippen molar-refractivity contribution in [2.24, 2.45) is 0 Å². The minimum atomic E-state index is -0.606. The van der Waals surface area contributed by atoms with Crippen LogP contribution in [0.15, 0.2) is 60.7 Å². The van der Waals surface area contributed by atoms with E-state index >= 15 is 0 Å². The lowest BCUT2D eigenvalue weighted by atomic mass is 10.1. The molecule has 1 amide bonds. The maximum absolute atomic E-state index is 12.5. The number of nitrogens with zero attached hydrogens (tertiary/aromatic N) is 2. The molecule has 1 atom stereocenters. The third kappa shape index (κ3) is 3.72. The number of aromatic nitrogens is 2. The predicted octanol–water partition coefficient (Wildman–Crippen LogP) is 2.75. The second-order valence-corrected chi connectivity index (χ2v) is 5.76. The molecular formula is C18H15N3O2S. The quantitative estimate of drug-likeness (QED) is 0.702. The summed E-state index contributed by atoms with van der Waals surface area (Å²) in [6.07, 6.45) is 1.18. The normalized spacial score (nSPS) is 11.7. The lowest BCUT2D eigenvalue weighted by Crippen LogP contribution is -2.38. The lowest BCUT2D eigenvalue weighted by molar-refractivity contribution is -0.109. The zero-order valence-corrected chi connectivity index (χ0v) is 13.6. The molecule has 6 heteroatoms. The highest BCUT2D eigenvalue weighted by Gasteiger charge is 2.20. The average molecular weight is 337 g/mol. The van der Waals surface area contributed by atoms with Gasteiger partial charge in [0, 0.05) is 5.56 Å². The van der Waals surface area contributed by atoms with E-state index in [-0.39, 0.29) is 5.69 Å². The van der Waals surface area contributed by atoms with Crippen LogP contribution in [0.3, 0.4) is 0 Å². The standard InChI is InChI=1S/C18H15N3O2S/c22-12-15(11-13-7-3-1-4-8-13)19-18(23)17-16(20-24-21-17)14-9-5-2-6-10-14/h1-10,12,15H,11H2,(H,19,23). The van der Waals surface area contributed by atoms with Gasteiger partial charge in [-0.25, -0.2) is 0 Å². The summed E-state index contributed by atoms with van der Waals surface area (Å²) in [4.78, 5) is 23.8. The van der Waals surface area contributed by atoms with Crippen LogP contribution in [0.2, 0.25) is 0 Å². The molecule has 0 aliphatic rings. The molecule has 120 valence electrons. The van der Waals surface area contributed by atoms with E-state index in [1.54, 1.807) is 0 Å². The summed E-state index contributed by atoms with van der Waals surface area (Å²) in [6.45, 7) is 0. The SMILES string of the molecule is O=CC(Cc1ccccc1)NC(=O)c1nsnc1-c1ccccc1. The Kier molecular flexibility index (Phi) is 5.08. The molecule has 0 fully saturated rings. The molecule has 3 rings (SSSR count). The summed E-state index contributed by atoms with van der Waals surface area (Å²) in [7, 11) is 0. The fourth-order valence-corrected chi connectivity index (χ4v) is 2.93. The number of carbonyl (C=O) groups is 2. The van der Waals surface area contributed by atoms with Crippen molar-refractivity contribution in [2.45, 2.75) is 12.5 Å². The Bertz CT molecular complexity index is 819. The van der Waals surface area contributed by atoms with Gasteiger partial charge in [0.15, 0.2) is 5.69 Å². The number of carbonyl (C=O) groups excluding carboxylic acids is 2. The van der Waals surface area contributed by atoms with E-state index in [1.807, 2.05) is 60.7 Å². The van der Waals surface area contributed by atoms with Crippen LogP contribution in [0.1, 0.15) is 16.1 Å². The summed E-state index contributed by atoms with van der Waals surface area (Å²) in [6, 6.07) is 18.3. The van der Waals surface area contributed by atoms with Crippen LogP contribution >= 0.6 is 11.7 Å². The van der Waals surface area contributed by atoms with Gasteiger partial charge in [-0.15, -0.1) is 0 Å². The molecule has 0 bridgehead atoms. The Hall–Kier alpha value is -2.86. The van der Waals surface area contributed by atoms with Crippen LogP contribution in [-0.2, 0) is 11.2 Å². The Labute approximate surface area is 143 Å². The summed E-state index contributed by atoms with van der Waals surface area (Å²) in [5.74, 6) is -0.393. The molecule has 0 radical (unpaired) electrons. The summed E-state index contributed by atoms with van der Waals surface area (Å²) in [5, 5.41) is 2.72. The minimum absolute atomic E-state index is 0.242.